The highest BCUT2D eigenvalue weighted by Gasteiger charge is 2.33. The first-order valence-corrected chi connectivity index (χ1v) is 10.5. The zero-order valence-corrected chi connectivity index (χ0v) is 16.1. The van der Waals surface area contributed by atoms with Crippen LogP contribution in [0.3, 0.4) is 0 Å². The topological polar surface area (TPSA) is 59.4 Å². The first kappa shape index (κ1) is 18.5. The predicted molar refractivity (Wildman–Crippen MR) is 105 cm³/mol. The summed E-state index contributed by atoms with van der Waals surface area (Å²) >= 11 is 0. The smallest absolute Gasteiger partial charge is 0.224 e. The summed E-state index contributed by atoms with van der Waals surface area (Å²) in [5.41, 5.74) is 1.97. The number of piperidine rings is 2. The molecule has 0 aromatic heterocycles. The number of carbonyl (C=O) groups is 1. The van der Waals surface area contributed by atoms with E-state index in [4.69, 9.17) is 5.26 Å². The van der Waals surface area contributed by atoms with Crippen molar-refractivity contribution < 1.29 is 4.79 Å². The summed E-state index contributed by atoms with van der Waals surface area (Å²) in [7, 11) is 0. The maximum Gasteiger partial charge on any atom is 0.224 e. The van der Waals surface area contributed by atoms with E-state index in [9.17, 15) is 4.79 Å². The van der Waals surface area contributed by atoms with Gasteiger partial charge in [0.05, 0.1) is 17.6 Å². The lowest BCUT2D eigenvalue weighted by atomic mass is 9.93. The van der Waals surface area contributed by atoms with Crippen molar-refractivity contribution in [1.82, 2.24) is 15.1 Å². The molecule has 144 valence electrons. The van der Waals surface area contributed by atoms with E-state index in [1.54, 1.807) is 0 Å². The van der Waals surface area contributed by atoms with Crippen LogP contribution >= 0.6 is 0 Å². The van der Waals surface area contributed by atoms with E-state index in [1.165, 1.54) is 18.4 Å². The van der Waals surface area contributed by atoms with Gasteiger partial charge in [-0.1, -0.05) is 12.1 Å². The summed E-state index contributed by atoms with van der Waals surface area (Å²) in [6.45, 7) is 5.19. The van der Waals surface area contributed by atoms with E-state index in [2.05, 4.69) is 27.3 Å². The molecule has 0 radical (unpaired) electrons. The molecule has 5 heteroatoms. The van der Waals surface area contributed by atoms with Crippen molar-refractivity contribution in [3.63, 3.8) is 0 Å². The normalized spacial score (nSPS) is 25.1. The average molecular weight is 367 g/mol. The number of amides is 1. The van der Waals surface area contributed by atoms with Crippen molar-refractivity contribution in [3.8, 4) is 6.07 Å². The Morgan fingerprint density at radius 2 is 1.96 bits per heavy atom. The molecule has 1 aliphatic carbocycles. The van der Waals surface area contributed by atoms with Gasteiger partial charge in [0.1, 0.15) is 0 Å². The third kappa shape index (κ3) is 4.88. The second-order valence-electron chi connectivity index (χ2n) is 8.44. The van der Waals surface area contributed by atoms with Crippen LogP contribution in [0.5, 0.6) is 0 Å². The molecule has 27 heavy (non-hydrogen) atoms. The van der Waals surface area contributed by atoms with Gasteiger partial charge in [-0.15, -0.1) is 0 Å². The number of carbonyl (C=O) groups excluding carboxylic acids is 1. The van der Waals surface area contributed by atoms with Crippen molar-refractivity contribution in [2.45, 2.75) is 57.2 Å². The molecule has 2 aliphatic heterocycles. The van der Waals surface area contributed by atoms with Crippen molar-refractivity contribution in [2.24, 2.45) is 5.92 Å². The van der Waals surface area contributed by atoms with Gasteiger partial charge in [0.25, 0.3) is 0 Å². The molecular weight excluding hydrogens is 336 g/mol. The fourth-order valence-electron chi connectivity index (χ4n) is 4.54. The molecule has 1 aromatic rings. The van der Waals surface area contributed by atoms with Gasteiger partial charge in [0.15, 0.2) is 0 Å². The average Bonchev–Trinajstić information content (AvgIpc) is 3.53. The monoisotopic (exact) mass is 366 g/mol. The molecule has 1 amide bonds. The fraction of sp³-hybridized carbons (Fsp3) is 0.636. The van der Waals surface area contributed by atoms with Crippen LogP contribution in [0.25, 0.3) is 0 Å². The molecule has 2 saturated heterocycles. The molecule has 3 fully saturated rings. The zero-order valence-electron chi connectivity index (χ0n) is 16.1. The van der Waals surface area contributed by atoms with Gasteiger partial charge in [0.2, 0.25) is 5.91 Å². The number of hydrogen-bond donors (Lipinski definition) is 1. The molecule has 0 bridgehead atoms. The van der Waals surface area contributed by atoms with Gasteiger partial charge in [-0.2, -0.15) is 5.26 Å². The molecule has 0 spiro atoms. The van der Waals surface area contributed by atoms with Gasteiger partial charge in [-0.3, -0.25) is 14.6 Å². The minimum absolute atomic E-state index is 0.186. The first-order valence-electron chi connectivity index (χ1n) is 10.5. The number of hydrogen-bond acceptors (Lipinski definition) is 4. The Labute approximate surface area is 162 Å². The number of nitrogens with one attached hydrogen (secondary N) is 1. The summed E-state index contributed by atoms with van der Waals surface area (Å²) < 4.78 is 0. The van der Waals surface area contributed by atoms with E-state index in [0.717, 1.165) is 64.0 Å². The van der Waals surface area contributed by atoms with Crippen LogP contribution in [0, 0.1) is 17.2 Å². The third-order valence-electron chi connectivity index (χ3n) is 6.28. The number of nitriles is 1. The molecule has 1 aromatic carbocycles. The van der Waals surface area contributed by atoms with Crippen molar-refractivity contribution >= 4 is 5.91 Å². The molecule has 3 aliphatic rings. The van der Waals surface area contributed by atoms with E-state index in [-0.39, 0.29) is 11.8 Å². The molecule has 5 nitrogen and oxygen atoms in total. The Bertz CT molecular complexity index is 701. The largest absolute Gasteiger partial charge is 0.353 e. The maximum absolute atomic E-state index is 12.4. The number of likely N-dealkylation sites (tertiary alicyclic amines) is 2. The molecule has 4 rings (SSSR count). The van der Waals surface area contributed by atoms with Gasteiger partial charge in [-0.25, -0.2) is 0 Å². The van der Waals surface area contributed by atoms with Crippen LogP contribution in [0.2, 0.25) is 0 Å². The molecule has 1 N–H and O–H groups in total. The lowest BCUT2D eigenvalue weighted by Gasteiger charge is -2.42. The molecule has 1 saturated carbocycles. The quantitative estimate of drug-likeness (QED) is 0.870. The highest BCUT2D eigenvalue weighted by molar-refractivity contribution is 5.79. The summed E-state index contributed by atoms with van der Waals surface area (Å²) in [6, 6.07) is 11.3. The molecule has 2 heterocycles. The SMILES string of the molecule is N#Cc1cccc(CN2CCC(N3CCCC(C(=O)NC4CC4)C3)CC2)c1. The van der Waals surface area contributed by atoms with E-state index >= 15 is 0 Å². The Kier molecular flexibility index (Phi) is 5.75. The van der Waals surface area contributed by atoms with Crippen molar-refractivity contribution in [2.75, 3.05) is 26.2 Å². The first-order chi connectivity index (χ1) is 13.2. The molecular formula is C22H30N4O. The minimum atomic E-state index is 0.186. The van der Waals surface area contributed by atoms with E-state index in [0.29, 0.717) is 12.1 Å². The van der Waals surface area contributed by atoms with Crippen molar-refractivity contribution in [1.29, 1.82) is 5.26 Å². The Balaban J connectivity index is 1.25. The summed E-state index contributed by atoms with van der Waals surface area (Å²) in [6.07, 6.45) is 6.87. The minimum Gasteiger partial charge on any atom is -0.353 e. The number of rotatable bonds is 5. The van der Waals surface area contributed by atoms with Crippen LogP contribution in [0.1, 0.15) is 49.7 Å². The van der Waals surface area contributed by atoms with Crippen LogP contribution in [0.4, 0.5) is 0 Å². The van der Waals surface area contributed by atoms with Crippen LogP contribution in [-0.2, 0) is 11.3 Å². The zero-order chi connectivity index (χ0) is 18.6. The highest BCUT2D eigenvalue weighted by Crippen LogP contribution is 2.26. The van der Waals surface area contributed by atoms with Crippen molar-refractivity contribution in [3.05, 3.63) is 35.4 Å². The lowest BCUT2D eigenvalue weighted by molar-refractivity contribution is -0.127. The van der Waals surface area contributed by atoms with Gasteiger partial charge >= 0.3 is 0 Å². The standard InChI is InChI=1S/C22H30N4O/c23-14-17-3-1-4-18(13-17)15-25-11-8-21(9-12-25)26-10-2-5-19(16-26)22(27)24-20-6-7-20/h1,3-4,13,19-21H,2,5-12,15-16H2,(H,24,27). The summed E-state index contributed by atoms with van der Waals surface area (Å²) in [5.74, 6) is 0.475. The molecule has 1 unspecified atom stereocenters. The Morgan fingerprint density at radius 1 is 1.15 bits per heavy atom. The molecule has 1 atom stereocenters. The Hall–Kier alpha value is -1.90. The lowest BCUT2D eigenvalue weighted by Crippen LogP contribution is -2.50. The van der Waals surface area contributed by atoms with Gasteiger partial charge < -0.3 is 5.32 Å². The number of benzene rings is 1. The summed E-state index contributed by atoms with van der Waals surface area (Å²) in [4.78, 5) is 17.5. The Morgan fingerprint density at radius 3 is 2.70 bits per heavy atom. The second kappa shape index (κ2) is 8.41. The third-order valence-corrected chi connectivity index (χ3v) is 6.28. The van der Waals surface area contributed by atoms with Gasteiger partial charge in [0, 0.05) is 25.2 Å². The van der Waals surface area contributed by atoms with E-state index in [1.807, 2.05) is 18.2 Å². The van der Waals surface area contributed by atoms with Crippen LogP contribution in [-0.4, -0.2) is 54.0 Å². The highest BCUT2D eigenvalue weighted by atomic mass is 16.2. The predicted octanol–water partition coefficient (Wildman–Crippen LogP) is 2.51. The fourth-order valence-corrected chi connectivity index (χ4v) is 4.54. The summed E-state index contributed by atoms with van der Waals surface area (Å²) in [5, 5.41) is 12.3. The van der Waals surface area contributed by atoms with Crippen LogP contribution in [0.15, 0.2) is 24.3 Å². The maximum atomic E-state index is 12.4. The second-order valence-corrected chi connectivity index (χ2v) is 8.44. The van der Waals surface area contributed by atoms with Gasteiger partial charge in [-0.05, 0) is 75.9 Å². The number of nitrogens with zero attached hydrogens (tertiary/aromatic N) is 3. The van der Waals surface area contributed by atoms with Crippen LogP contribution < -0.4 is 5.32 Å². The van der Waals surface area contributed by atoms with E-state index < -0.39 is 0 Å².